The number of fused-ring (bicyclic) bond motifs is 1. The lowest BCUT2D eigenvalue weighted by atomic mass is 10.0. The highest BCUT2D eigenvalue weighted by atomic mass is 16.1. The molecule has 1 amide bonds. The van der Waals surface area contributed by atoms with Gasteiger partial charge in [-0.25, -0.2) is 0 Å². The Morgan fingerprint density at radius 1 is 1.27 bits per heavy atom. The number of aromatic nitrogens is 1. The van der Waals surface area contributed by atoms with Gasteiger partial charge in [0.2, 0.25) is 0 Å². The van der Waals surface area contributed by atoms with Crippen molar-refractivity contribution in [3.05, 3.63) is 42.1 Å². The second-order valence-corrected chi connectivity index (χ2v) is 5.97. The lowest BCUT2D eigenvalue weighted by molar-refractivity contribution is 0.0913. The summed E-state index contributed by atoms with van der Waals surface area (Å²) in [5.41, 5.74) is 1.59. The number of hydrogen-bond donors (Lipinski definition) is 1. The number of nitrogens with one attached hydrogen (secondary N) is 1. The van der Waals surface area contributed by atoms with E-state index in [4.69, 9.17) is 0 Å². The summed E-state index contributed by atoms with van der Waals surface area (Å²) in [6.07, 6.45) is 4.98. The summed E-state index contributed by atoms with van der Waals surface area (Å²) in [5, 5.41) is 4.12. The molecule has 1 fully saturated rings. The summed E-state index contributed by atoms with van der Waals surface area (Å²) < 4.78 is 0. The number of hydrogen-bond acceptors (Lipinski definition) is 3. The molecule has 4 heteroatoms. The van der Waals surface area contributed by atoms with Crippen molar-refractivity contribution in [2.75, 3.05) is 19.6 Å². The van der Waals surface area contributed by atoms with Crippen molar-refractivity contribution >= 4 is 16.8 Å². The van der Waals surface area contributed by atoms with Gasteiger partial charge in [-0.2, -0.15) is 0 Å². The zero-order valence-corrected chi connectivity index (χ0v) is 13.1. The molecule has 1 N–H and O–H groups in total. The van der Waals surface area contributed by atoms with Gasteiger partial charge in [-0.05, 0) is 37.9 Å². The summed E-state index contributed by atoms with van der Waals surface area (Å²) in [6, 6.07) is 9.89. The SMILES string of the molecule is CCCN1CCC(NC(=O)c2ccnc3ccccc23)CC1. The molecular weight excluding hydrogens is 274 g/mol. The molecule has 1 aromatic heterocycles. The van der Waals surface area contributed by atoms with Crippen LogP contribution in [0.25, 0.3) is 10.9 Å². The van der Waals surface area contributed by atoms with Crippen LogP contribution >= 0.6 is 0 Å². The number of nitrogens with zero attached hydrogens (tertiary/aromatic N) is 2. The zero-order valence-electron chi connectivity index (χ0n) is 13.1. The van der Waals surface area contributed by atoms with Crippen LogP contribution in [0.5, 0.6) is 0 Å². The summed E-state index contributed by atoms with van der Waals surface area (Å²) in [4.78, 5) is 19.4. The van der Waals surface area contributed by atoms with Crippen LogP contribution in [0.2, 0.25) is 0 Å². The normalized spacial score (nSPS) is 16.8. The van der Waals surface area contributed by atoms with Crippen LogP contribution in [0, 0.1) is 0 Å². The van der Waals surface area contributed by atoms with Crippen LogP contribution in [-0.4, -0.2) is 41.5 Å². The predicted molar refractivity (Wildman–Crippen MR) is 89.0 cm³/mol. The first-order valence-corrected chi connectivity index (χ1v) is 8.15. The molecule has 0 radical (unpaired) electrons. The number of carbonyl (C=O) groups excluding carboxylic acids is 1. The topological polar surface area (TPSA) is 45.2 Å². The minimum Gasteiger partial charge on any atom is -0.349 e. The number of amides is 1. The van der Waals surface area contributed by atoms with E-state index < -0.39 is 0 Å². The number of para-hydroxylation sites is 1. The Balaban J connectivity index is 1.67. The van der Waals surface area contributed by atoms with Crippen molar-refractivity contribution in [2.45, 2.75) is 32.2 Å². The Morgan fingerprint density at radius 2 is 2.05 bits per heavy atom. The van der Waals surface area contributed by atoms with Gasteiger partial charge in [0.05, 0.1) is 11.1 Å². The van der Waals surface area contributed by atoms with Gasteiger partial charge in [0.15, 0.2) is 0 Å². The van der Waals surface area contributed by atoms with Crippen LogP contribution in [-0.2, 0) is 0 Å². The van der Waals surface area contributed by atoms with E-state index in [1.807, 2.05) is 30.3 Å². The third-order valence-electron chi connectivity index (χ3n) is 4.36. The van der Waals surface area contributed by atoms with Crippen molar-refractivity contribution in [1.29, 1.82) is 0 Å². The van der Waals surface area contributed by atoms with Crippen LogP contribution in [0.3, 0.4) is 0 Å². The van der Waals surface area contributed by atoms with Gasteiger partial charge < -0.3 is 10.2 Å². The average molecular weight is 297 g/mol. The van der Waals surface area contributed by atoms with Crippen molar-refractivity contribution in [3.8, 4) is 0 Å². The lowest BCUT2D eigenvalue weighted by Crippen LogP contribution is -2.44. The molecule has 1 aliphatic heterocycles. The molecule has 0 spiro atoms. The standard InChI is InChI=1S/C18H23N3O/c1-2-11-21-12-8-14(9-13-21)20-18(22)16-7-10-19-17-6-4-3-5-15(16)17/h3-7,10,14H,2,8-9,11-13H2,1H3,(H,20,22). The van der Waals surface area contributed by atoms with E-state index in [1.165, 1.54) is 6.42 Å². The first-order valence-electron chi connectivity index (χ1n) is 8.15. The minimum atomic E-state index is 0.0209. The first-order chi connectivity index (χ1) is 10.8. The zero-order chi connectivity index (χ0) is 15.4. The number of piperidine rings is 1. The van der Waals surface area contributed by atoms with Crippen molar-refractivity contribution < 1.29 is 4.79 Å². The van der Waals surface area contributed by atoms with E-state index in [2.05, 4.69) is 22.1 Å². The van der Waals surface area contributed by atoms with E-state index in [1.54, 1.807) is 6.20 Å². The second-order valence-electron chi connectivity index (χ2n) is 5.97. The van der Waals surface area contributed by atoms with Gasteiger partial charge >= 0.3 is 0 Å². The van der Waals surface area contributed by atoms with E-state index >= 15 is 0 Å². The minimum absolute atomic E-state index is 0.0209. The van der Waals surface area contributed by atoms with Gasteiger partial charge in [-0.3, -0.25) is 9.78 Å². The molecule has 2 aromatic rings. The smallest absolute Gasteiger partial charge is 0.252 e. The fourth-order valence-corrected chi connectivity index (χ4v) is 3.17. The molecule has 4 nitrogen and oxygen atoms in total. The largest absolute Gasteiger partial charge is 0.349 e. The maximum absolute atomic E-state index is 12.6. The van der Waals surface area contributed by atoms with E-state index in [0.717, 1.165) is 48.9 Å². The Bertz CT molecular complexity index is 642. The van der Waals surface area contributed by atoms with E-state index in [0.29, 0.717) is 0 Å². The fourth-order valence-electron chi connectivity index (χ4n) is 3.17. The predicted octanol–water partition coefficient (Wildman–Crippen LogP) is 2.84. The summed E-state index contributed by atoms with van der Waals surface area (Å²) in [7, 11) is 0. The Morgan fingerprint density at radius 3 is 2.82 bits per heavy atom. The molecule has 116 valence electrons. The Hall–Kier alpha value is -1.94. The highest BCUT2D eigenvalue weighted by Crippen LogP contribution is 2.17. The monoisotopic (exact) mass is 297 g/mol. The Kier molecular flexibility index (Phi) is 4.68. The molecular formula is C18H23N3O. The first kappa shape index (κ1) is 15.0. The molecule has 0 atom stereocenters. The van der Waals surface area contributed by atoms with Gasteiger partial charge in [0, 0.05) is 30.7 Å². The third-order valence-corrected chi connectivity index (χ3v) is 4.36. The highest BCUT2D eigenvalue weighted by Gasteiger charge is 2.21. The second kappa shape index (κ2) is 6.88. The molecule has 1 saturated heterocycles. The maximum atomic E-state index is 12.6. The van der Waals surface area contributed by atoms with Gasteiger partial charge in [0.1, 0.15) is 0 Å². The number of benzene rings is 1. The third kappa shape index (κ3) is 3.28. The van der Waals surface area contributed by atoms with Gasteiger partial charge in [-0.15, -0.1) is 0 Å². The molecule has 0 saturated carbocycles. The molecule has 2 heterocycles. The molecule has 3 rings (SSSR count). The number of rotatable bonds is 4. The number of pyridine rings is 1. The summed E-state index contributed by atoms with van der Waals surface area (Å²) in [5.74, 6) is 0.0209. The average Bonchev–Trinajstić information content (AvgIpc) is 2.56. The van der Waals surface area contributed by atoms with Gasteiger partial charge in [-0.1, -0.05) is 25.1 Å². The summed E-state index contributed by atoms with van der Waals surface area (Å²) >= 11 is 0. The highest BCUT2D eigenvalue weighted by molar-refractivity contribution is 6.06. The molecule has 0 unspecified atom stereocenters. The molecule has 22 heavy (non-hydrogen) atoms. The van der Waals surface area contributed by atoms with Crippen LogP contribution in [0.1, 0.15) is 36.5 Å². The van der Waals surface area contributed by atoms with Crippen molar-refractivity contribution in [2.24, 2.45) is 0 Å². The van der Waals surface area contributed by atoms with Crippen LogP contribution in [0.4, 0.5) is 0 Å². The number of carbonyl (C=O) groups is 1. The quantitative estimate of drug-likeness (QED) is 0.944. The van der Waals surface area contributed by atoms with Gasteiger partial charge in [0.25, 0.3) is 5.91 Å². The van der Waals surface area contributed by atoms with Crippen molar-refractivity contribution in [3.63, 3.8) is 0 Å². The van der Waals surface area contributed by atoms with E-state index in [9.17, 15) is 4.79 Å². The van der Waals surface area contributed by atoms with Crippen molar-refractivity contribution in [1.82, 2.24) is 15.2 Å². The van der Waals surface area contributed by atoms with Crippen LogP contribution < -0.4 is 5.32 Å². The fraction of sp³-hybridized carbons (Fsp3) is 0.444. The van der Waals surface area contributed by atoms with Crippen LogP contribution in [0.15, 0.2) is 36.5 Å². The van der Waals surface area contributed by atoms with E-state index in [-0.39, 0.29) is 11.9 Å². The molecule has 0 aliphatic carbocycles. The maximum Gasteiger partial charge on any atom is 0.252 e. The number of likely N-dealkylation sites (tertiary alicyclic amines) is 1. The molecule has 0 bridgehead atoms. The summed E-state index contributed by atoms with van der Waals surface area (Å²) in [6.45, 7) is 5.53. The Labute approximate surface area is 131 Å². The lowest BCUT2D eigenvalue weighted by Gasteiger charge is -2.32. The molecule has 1 aromatic carbocycles. The molecule has 1 aliphatic rings.